The third-order valence-corrected chi connectivity index (χ3v) is 5.02. The highest BCUT2D eigenvalue weighted by Gasteiger charge is 2.30. The monoisotopic (exact) mass is 377 g/mol. The van der Waals surface area contributed by atoms with E-state index in [1.807, 2.05) is 23.6 Å². The van der Waals surface area contributed by atoms with Crippen LogP contribution in [-0.4, -0.2) is 16.7 Å². The van der Waals surface area contributed by atoms with E-state index in [0.29, 0.717) is 22.6 Å². The minimum absolute atomic E-state index is 0.201. The quantitative estimate of drug-likeness (QED) is 0.387. The Hall–Kier alpha value is -3.25. The van der Waals surface area contributed by atoms with Crippen molar-refractivity contribution in [3.63, 3.8) is 0 Å². The number of allylic oxidation sites excluding steroid dienone is 1. The van der Waals surface area contributed by atoms with Gasteiger partial charge in [-0.3, -0.25) is 14.6 Å². The van der Waals surface area contributed by atoms with E-state index in [9.17, 15) is 9.59 Å². The Morgan fingerprint density at radius 3 is 2.89 bits per heavy atom. The molecule has 6 heteroatoms. The lowest BCUT2D eigenvalue weighted by Gasteiger charge is -2.09. The van der Waals surface area contributed by atoms with Gasteiger partial charge in [-0.15, -0.1) is 11.3 Å². The molecule has 0 N–H and O–H groups in total. The predicted molar refractivity (Wildman–Crippen MR) is 102 cm³/mol. The van der Waals surface area contributed by atoms with Crippen LogP contribution in [0.15, 0.2) is 59.9 Å². The lowest BCUT2D eigenvalue weighted by atomic mass is 10.1. The SMILES string of the molecule is Cc1c(OC(=O)Cc2cccs2)ccc2c1O/C(=C\c1cccnc1)C2=O. The van der Waals surface area contributed by atoms with Gasteiger partial charge in [0.25, 0.3) is 0 Å². The molecule has 4 rings (SSSR count). The van der Waals surface area contributed by atoms with Gasteiger partial charge < -0.3 is 9.47 Å². The maximum atomic E-state index is 12.6. The number of carbonyl (C=O) groups is 2. The van der Waals surface area contributed by atoms with Gasteiger partial charge in [-0.25, -0.2) is 0 Å². The summed E-state index contributed by atoms with van der Waals surface area (Å²) in [6, 6.07) is 10.7. The van der Waals surface area contributed by atoms with Gasteiger partial charge in [0.05, 0.1) is 12.0 Å². The van der Waals surface area contributed by atoms with Crippen LogP contribution in [0.25, 0.3) is 6.08 Å². The zero-order chi connectivity index (χ0) is 18.8. The highest BCUT2D eigenvalue weighted by molar-refractivity contribution is 7.10. The number of aromatic nitrogens is 1. The van der Waals surface area contributed by atoms with Crippen molar-refractivity contribution < 1.29 is 19.1 Å². The lowest BCUT2D eigenvalue weighted by molar-refractivity contribution is -0.133. The molecule has 134 valence electrons. The molecule has 5 nitrogen and oxygen atoms in total. The zero-order valence-corrected chi connectivity index (χ0v) is 15.3. The van der Waals surface area contributed by atoms with Crippen LogP contribution in [0.4, 0.5) is 0 Å². The zero-order valence-electron chi connectivity index (χ0n) is 14.5. The summed E-state index contributed by atoms with van der Waals surface area (Å²) in [6.45, 7) is 1.77. The van der Waals surface area contributed by atoms with Gasteiger partial charge in [0.1, 0.15) is 11.5 Å². The average molecular weight is 377 g/mol. The molecule has 0 fully saturated rings. The topological polar surface area (TPSA) is 65.5 Å². The Labute approximate surface area is 159 Å². The number of benzene rings is 1. The van der Waals surface area contributed by atoms with Crippen LogP contribution in [0.2, 0.25) is 0 Å². The summed E-state index contributed by atoms with van der Waals surface area (Å²) in [7, 11) is 0. The van der Waals surface area contributed by atoms with E-state index < -0.39 is 0 Å². The molecule has 3 heterocycles. The van der Waals surface area contributed by atoms with Crippen molar-refractivity contribution in [1.29, 1.82) is 0 Å². The Morgan fingerprint density at radius 2 is 2.15 bits per heavy atom. The van der Waals surface area contributed by atoms with Crippen LogP contribution < -0.4 is 9.47 Å². The Morgan fingerprint density at radius 1 is 1.26 bits per heavy atom. The number of carbonyl (C=O) groups excluding carboxylic acids is 2. The second-order valence-electron chi connectivity index (χ2n) is 6.02. The number of hydrogen-bond acceptors (Lipinski definition) is 6. The number of Topliss-reactive ketones (excluding diaryl/α,β-unsaturated/α-hetero) is 1. The van der Waals surface area contributed by atoms with Crippen LogP contribution in [0.5, 0.6) is 11.5 Å². The Bertz CT molecular complexity index is 1040. The van der Waals surface area contributed by atoms with Crippen LogP contribution >= 0.6 is 11.3 Å². The van der Waals surface area contributed by atoms with Gasteiger partial charge in [-0.05, 0) is 48.2 Å². The fourth-order valence-corrected chi connectivity index (χ4v) is 3.50. The van der Waals surface area contributed by atoms with Gasteiger partial charge in [-0.2, -0.15) is 0 Å². The first kappa shape index (κ1) is 17.2. The minimum atomic E-state index is -0.351. The van der Waals surface area contributed by atoms with Crippen molar-refractivity contribution in [2.24, 2.45) is 0 Å². The minimum Gasteiger partial charge on any atom is -0.452 e. The second-order valence-corrected chi connectivity index (χ2v) is 7.05. The molecule has 2 aromatic heterocycles. The van der Waals surface area contributed by atoms with Crippen molar-refractivity contribution >= 4 is 29.2 Å². The maximum Gasteiger partial charge on any atom is 0.316 e. The summed E-state index contributed by atoms with van der Waals surface area (Å²) in [4.78, 5) is 29.7. The third kappa shape index (κ3) is 3.52. The van der Waals surface area contributed by atoms with Crippen molar-refractivity contribution in [3.8, 4) is 11.5 Å². The molecule has 0 amide bonds. The normalized spacial score (nSPS) is 14.1. The average Bonchev–Trinajstić information content (AvgIpc) is 3.28. The molecule has 0 saturated carbocycles. The number of esters is 1. The molecule has 0 aliphatic carbocycles. The second kappa shape index (κ2) is 7.17. The molecule has 1 aromatic carbocycles. The molecule has 27 heavy (non-hydrogen) atoms. The molecule has 0 spiro atoms. The van der Waals surface area contributed by atoms with Gasteiger partial charge in [0.2, 0.25) is 5.78 Å². The van der Waals surface area contributed by atoms with Crippen molar-refractivity contribution in [2.45, 2.75) is 13.3 Å². The van der Waals surface area contributed by atoms with E-state index in [4.69, 9.17) is 9.47 Å². The molecule has 1 aliphatic rings. The molecule has 0 saturated heterocycles. The van der Waals surface area contributed by atoms with E-state index in [2.05, 4.69) is 4.98 Å². The highest BCUT2D eigenvalue weighted by Crippen LogP contribution is 2.39. The highest BCUT2D eigenvalue weighted by atomic mass is 32.1. The number of thiophene rings is 1. The summed E-state index contributed by atoms with van der Waals surface area (Å²) >= 11 is 1.50. The van der Waals surface area contributed by atoms with Crippen molar-refractivity contribution in [2.75, 3.05) is 0 Å². The summed E-state index contributed by atoms with van der Waals surface area (Å²) in [6.07, 6.45) is 5.17. The van der Waals surface area contributed by atoms with E-state index in [1.54, 1.807) is 43.6 Å². The molecule has 0 unspecified atom stereocenters. The molecular weight excluding hydrogens is 362 g/mol. The van der Waals surface area contributed by atoms with E-state index in [-0.39, 0.29) is 23.9 Å². The number of hydrogen-bond donors (Lipinski definition) is 0. The molecule has 0 atom stereocenters. The molecule has 0 radical (unpaired) electrons. The first-order valence-electron chi connectivity index (χ1n) is 8.33. The van der Waals surface area contributed by atoms with Gasteiger partial charge >= 0.3 is 5.97 Å². The number of nitrogens with zero attached hydrogens (tertiary/aromatic N) is 1. The fraction of sp³-hybridized carbons (Fsp3) is 0.0952. The van der Waals surface area contributed by atoms with Crippen LogP contribution in [-0.2, 0) is 11.2 Å². The van der Waals surface area contributed by atoms with Gasteiger partial charge in [-0.1, -0.05) is 12.1 Å². The predicted octanol–water partition coefficient (Wildman–Crippen LogP) is 4.22. The fourth-order valence-electron chi connectivity index (χ4n) is 2.81. The van der Waals surface area contributed by atoms with Crippen LogP contribution in [0.3, 0.4) is 0 Å². The lowest BCUT2D eigenvalue weighted by Crippen LogP contribution is -2.11. The summed E-state index contributed by atoms with van der Waals surface area (Å²) < 4.78 is 11.3. The van der Waals surface area contributed by atoms with E-state index in [1.165, 1.54) is 11.3 Å². The van der Waals surface area contributed by atoms with Crippen molar-refractivity contribution in [3.05, 3.63) is 81.5 Å². The number of pyridine rings is 1. The number of rotatable bonds is 4. The molecule has 0 bridgehead atoms. The van der Waals surface area contributed by atoms with Gasteiger partial charge in [0.15, 0.2) is 5.76 Å². The van der Waals surface area contributed by atoms with E-state index >= 15 is 0 Å². The summed E-state index contributed by atoms with van der Waals surface area (Å²) in [5.41, 5.74) is 1.85. The van der Waals surface area contributed by atoms with Gasteiger partial charge in [0, 0.05) is 22.8 Å². The molecule has 1 aliphatic heterocycles. The van der Waals surface area contributed by atoms with Crippen molar-refractivity contribution in [1.82, 2.24) is 4.98 Å². The van der Waals surface area contributed by atoms with Crippen LogP contribution in [0, 0.1) is 6.92 Å². The summed E-state index contributed by atoms with van der Waals surface area (Å²) in [5, 5.41) is 1.92. The van der Waals surface area contributed by atoms with Crippen LogP contribution in [0.1, 0.15) is 26.4 Å². The number of fused-ring (bicyclic) bond motifs is 1. The smallest absolute Gasteiger partial charge is 0.316 e. The molecular formula is C21H15NO4S. The third-order valence-electron chi connectivity index (χ3n) is 4.14. The Balaban J connectivity index is 1.57. The summed E-state index contributed by atoms with van der Waals surface area (Å²) in [5.74, 6) is 0.495. The largest absolute Gasteiger partial charge is 0.452 e. The van der Waals surface area contributed by atoms with E-state index in [0.717, 1.165) is 10.4 Å². The standard InChI is InChI=1S/C21H15NO4S/c1-13-17(25-19(23)11-15-5-3-9-27-15)7-6-16-20(24)18(26-21(13)16)10-14-4-2-8-22-12-14/h2-10,12H,11H2,1H3/b18-10-. The number of ether oxygens (including phenoxy) is 2. The maximum absolute atomic E-state index is 12.6. The first-order valence-corrected chi connectivity index (χ1v) is 9.21. The molecule has 3 aromatic rings. The first-order chi connectivity index (χ1) is 13.1. The number of ketones is 1. The Kier molecular flexibility index (Phi) is 4.56.